The second kappa shape index (κ2) is 15.2. The maximum absolute atomic E-state index is 11.3. The summed E-state index contributed by atoms with van der Waals surface area (Å²) < 4.78 is 102. The van der Waals surface area contributed by atoms with Crippen molar-refractivity contribution >= 4 is 17.3 Å². The number of aliphatic hydroxyl groups excluding tert-OH is 3. The van der Waals surface area contributed by atoms with Crippen LogP contribution in [0.25, 0.3) is 0 Å². The fraction of sp³-hybridized carbons (Fsp3) is 0.400. The van der Waals surface area contributed by atoms with Crippen LogP contribution < -0.4 is 0 Å². The first-order valence-corrected chi connectivity index (χ1v) is 6.97. The second-order valence-electron chi connectivity index (χ2n) is 4.91. The summed E-state index contributed by atoms with van der Waals surface area (Å²) in [6.45, 7) is 2.76. The molecule has 177 valence electrons. The van der Waals surface area contributed by atoms with Gasteiger partial charge in [-0.3, -0.25) is 14.4 Å². The van der Waals surface area contributed by atoms with Gasteiger partial charge in [-0.1, -0.05) is 0 Å². The molecule has 31 heavy (non-hydrogen) atoms. The largest absolute Gasteiger partial charge is 0.504 e. The van der Waals surface area contributed by atoms with Crippen LogP contribution in [0.15, 0.2) is 35.5 Å². The SMILES string of the molecule is CC(=O)C=C(O)C(F)(F)F.CC(=O)C=C(O)C(F)(F)F.CC(=O)C=C(O)C(F)(F)F.[Pr]. The van der Waals surface area contributed by atoms with Gasteiger partial charge in [0, 0.05) is 59.5 Å². The van der Waals surface area contributed by atoms with E-state index >= 15 is 0 Å². The monoisotopic (exact) mass is 603 g/mol. The molecule has 0 saturated heterocycles. The molecule has 0 aliphatic rings. The second-order valence-corrected chi connectivity index (χ2v) is 4.91. The molecule has 0 heterocycles. The molecular formula is C15H15F9O6Pr. The molecule has 0 aliphatic carbocycles. The number of hydrogen-bond acceptors (Lipinski definition) is 6. The number of hydrogen-bond donors (Lipinski definition) is 3. The van der Waals surface area contributed by atoms with Crippen LogP contribution in [0.2, 0.25) is 0 Å². The van der Waals surface area contributed by atoms with Crippen molar-refractivity contribution in [2.24, 2.45) is 0 Å². The van der Waals surface area contributed by atoms with Crippen molar-refractivity contribution in [1.82, 2.24) is 0 Å². The van der Waals surface area contributed by atoms with Gasteiger partial charge in [0.2, 0.25) is 17.3 Å². The van der Waals surface area contributed by atoms with E-state index in [-0.39, 0.29) is 59.5 Å². The predicted molar refractivity (Wildman–Crippen MR) is 82.3 cm³/mol. The molecule has 0 aromatic carbocycles. The molecule has 16 heteroatoms. The van der Waals surface area contributed by atoms with Gasteiger partial charge in [-0.25, -0.2) is 0 Å². The van der Waals surface area contributed by atoms with Crippen molar-refractivity contribution in [3.63, 3.8) is 0 Å². The maximum atomic E-state index is 11.3. The Morgan fingerprint density at radius 3 is 0.677 bits per heavy atom. The standard InChI is InChI=1S/3C5H5F3O2.Pr/c3*1-3(9)2-4(10)5(6,7)8;/h3*2,10H,1H3;. The topological polar surface area (TPSA) is 112 Å². The first kappa shape index (κ1) is 36.7. The molecule has 0 rings (SSSR count). The minimum absolute atomic E-state index is 0. The van der Waals surface area contributed by atoms with Crippen LogP contribution in [0.5, 0.6) is 0 Å². The Bertz CT molecular complexity index is 606. The van der Waals surface area contributed by atoms with Crippen LogP contribution >= 0.6 is 0 Å². The molecule has 3 N–H and O–H groups in total. The van der Waals surface area contributed by atoms with E-state index < -0.39 is 53.2 Å². The number of carbonyl (C=O) groups excluding carboxylic acids is 3. The average molecular weight is 603 g/mol. The number of ketones is 3. The van der Waals surface area contributed by atoms with E-state index in [1.54, 1.807) is 0 Å². The fourth-order valence-electron chi connectivity index (χ4n) is 0.823. The van der Waals surface area contributed by atoms with Gasteiger partial charge < -0.3 is 15.3 Å². The van der Waals surface area contributed by atoms with Crippen molar-refractivity contribution in [3.05, 3.63) is 35.5 Å². The van der Waals surface area contributed by atoms with E-state index in [0.717, 1.165) is 20.8 Å². The molecule has 0 aliphatic heterocycles. The van der Waals surface area contributed by atoms with Crippen LogP contribution in [-0.2, 0) is 14.4 Å². The third kappa shape index (κ3) is 24.5. The van der Waals surface area contributed by atoms with Gasteiger partial charge in [-0.2, -0.15) is 39.5 Å². The van der Waals surface area contributed by atoms with Crippen molar-refractivity contribution in [2.75, 3.05) is 0 Å². The summed E-state index contributed by atoms with van der Waals surface area (Å²) in [6, 6.07) is 0. The van der Waals surface area contributed by atoms with Crippen molar-refractivity contribution in [1.29, 1.82) is 0 Å². The number of alkyl halides is 9. The van der Waals surface area contributed by atoms with E-state index in [9.17, 15) is 53.9 Å². The Hall–Kier alpha value is -1.64. The molecule has 1 radical (unpaired) electrons. The molecule has 0 atom stereocenters. The van der Waals surface area contributed by atoms with E-state index in [1.165, 1.54) is 0 Å². The van der Waals surface area contributed by atoms with E-state index in [4.69, 9.17) is 15.3 Å². The zero-order valence-electron chi connectivity index (χ0n) is 15.8. The smallest absolute Gasteiger partial charge is 0.448 e. The molecule has 0 aromatic heterocycles. The zero-order chi connectivity index (χ0) is 25.1. The maximum Gasteiger partial charge on any atom is 0.448 e. The van der Waals surface area contributed by atoms with Crippen molar-refractivity contribution < 1.29 is 111 Å². The van der Waals surface area contributed by atoms with Gasteiger partial charge in [-0.05, 0) is 20.8 Å². The molecule has 0 unspecified atom stereocenters. The van der Waals surface area contributed by atoms with Gasteiger partial charge in [0.15, 0.2) is 17.3 Å². The molecule has 0 saturated carbocycles. The molecule has 0 spiro atoms. The Kier molecular flexibility index (Phi) is 18.0. The van der Waals surface area contributed by atoms with Crippen molar-refractivity contribution in [2.45, 2.75) is 39.3 Å². The normalized spacial score (nSPS) is 13.0. The quantitative estimate of drug-likeness (QED) is 0.244. The average Bonchev–Trinajstić information content (AvgIpc) is 2.43. The Morgan fingerprint density at radius 1 is 0.516 bits per heavy atom. The summed E-state index contributed by atoms with van der Waals surface area (Å²) in [5.74, 6) is -8.10. The number of carbonyl (C=O) groups is 3. The first-order chi connectivity index (χ1) is 13.0. The summed E-state index contributed by atoms with van der Waals surface area (Å²) >= 11 is 0. The first-order valence-electron chi connectivity index (χ1n) is 6.97. The van der Waals surface area contributed by atoms with E-state index in [1.807, 2.05) is 0 Å². The Morgan fingerprint density at radius 2 is 0.645 bits per heavy atom. The van der Waals surface area contributed by atoms with E-state index in [0.29, 0.717) is 0 Å². The van der Waals surface area contributed by atoms with Gasteiger partial charge in [-0.15, -0.1) is 0 Å². The van der Waals surface area contributed by atoms with Crippen LogP contribution in [0, 0.1) is 41.3 Å². The van der Waals surface area contributed by atoms with Gasteiger partial charge >= 0.3 is 18.5 Å². The van der Waals surface area contributed by atoms with Gasteiger partial charge in [0.1, 0.15) is 0 Å². The minimum Gasteiger partial charge on any atom is -0.504 e. The number of allylic oxidation sites excluding steroid dienone is 6. The van der Waals surface area contributed by atoms with Crippen LogP contribution in [0.3, 0.4) is 0 Å². The third-order valence-electron chi connectivity index (χ3n) is 1.89. The number of aliphatic hydroxyl groups is 3. The van der Waals surface area contributed by atoms with Crippen molar-refractivity contribution in [3.8, 4) is 0 Å². The summed E-state index contributed by atoms with van der Waals surface area (Å²) in [4.78, 5) is 29.9. The summed E-state index contributed by atoms with van der Waals surface area (Å²) in [7, 11) is 0. The van der Waals surface area contributed by atoms with Gasteiger partial charge in [0.05, 0.1) is 0 Å². The summed E-state index contributed by atoms with van der Waals surface area (Å²) in [5.41, 5.74) is 0. The summed E-state index contributed by atoms with van der Waals surface area (Å²) in [6.07, 6.45) is -14.1. The molecular weight excluding hydrogens is 588 g/mol. The molecule has 0 bridgehead atoms. The van der Waals surface area contributed by atoms with Crippen LogP contribution in [0.1, 0.15) is 20.8 Å². The number of rotatable bonds is 3. The molecule has 6 nitrogen and oxygen atoms in total. The summed E-state index contributed by atoms with van der Waals surface area (Å²) in [5, 5.41) is 24.2. The third-order valence-corrected chi connectivity index (χ3v) is 1.89. The minimum atomic E-state index is -4.81. The molecule has 0 aromatic rings. The number of halogens is 9. The van der Waals surface area contributed by atoms with Gasteiger partial charge in [0.25, 0.3) is 0 Å². The van der Waals surface area contributed by atoms with Crippen LogP contribution in [-0.4, -0.2) is 51.2 Å². The Labute approximate surface area is 202 Å². The Balaban J connectivity index is -0.000000174. The van der Waals surface area contributed by atoms with E-state index in [2.05, 4.69) is 0 Å². The molecule has 0 fully saturated rings. The fourth-order valence-corrected chi connectivity index (χ4v) is 0.823. The van der Waals surface area contributed by atoms with Crippen LogP contribution in [0.4, 0.5) is 39.5 Å². The molecule has 0 amide bonds. The predicted octanol–water partition coefficient (Wildman–Crippen LogP) is 4.74. The zero-order valence-corrected chi connectivity index (χ0v) is 19.5.